The molecule has 0 radical (unpaired) electrons. The van der Waals surface area contributed by atoms with Gasteiger partial charge in [0.2, 0.25) is 0 Å². The van der Waals surface area contributed by atoms with Crippen molar-refractivity contribution in [1.82, 2.24) is 0 Å². The Kier molecular flexibility index (Phi) is 9.64. The Morgan fingerprint density at radius 1 is 0.737 bits per heavy atom. The lowest BCUT2D eigenvalue weighted by atomic mass is 9.90. The smallest absolute Gasteiger partial charge is 0.192 e. The monoisotopic (exact) mass is 570 g/mol. The summed E-state index contributed by atoms with van der Waals surface area (Å²) in [6.07, 6.45) is 5.80. The lowest BCUT2D eigenvalue weighted by molar-refractivity contribution is 0.0725. The molecule has 0 unspecified atom stereocenters. The normalized spacial score (nSPS) is 19.9. The molecule has 0 spiro atoms. The van der Waals surface area contributed by atoms with E-state index in [0.29, 0.717) is 6.16 Å². The molecule has 0 saturated heterocycles. The third-order valence-electron chi connectivity index (χ3n) is 9.02. The summed E-state index contributed by atoms with van der Waals surface area (Å²) >= 11 is 0. The van der Waals surface area contributed by atoms with E-state index in [-0.39, 0.29) is 22.3 Å². The Labute approximate surface area is 235 Å². The van der Waals surface area contributed by atoms with Gasteiger partial charge in [0.15, 0.2) is 16.6 Å². The van der Waals surface area contributed by atoms with Crippen LogP contribution in [0.25, 0.3) is 0 Å². The molecule has 1 aliphatic carbocycles. The average molecular weight is 571 g/mol. The maximum absolute atomic E-state index is 14.6. The van der Waals surface area contributed by atoms with E-state index in [2.05, 4.69) is 73.8 Å². The molecule has 0 amide bonds. The second-order valence-electron chi connectivity index (χ2n) is 14.1. The number of hydrogen-bond donors (Lipinski definition) is 0. The zero-order valence-electron chi connectivity index (χ0n) is 25.5. The molecule has 6 heteroatoms. The number of allylic oxidation sites excluding steroid dienone is 1. The van der Waals surface area contributed by atoms with Crippen molar-refractivity contribution in [1.29, 1.82) is 0 Å². The van der Waals surface area contributed by atoms with Gasteiger partial charge in [-0.15, -0.1) is 0 Å². The quantitative estimate of drug-likeness (QED) is 0.181. The zero-order valence-corrected chi connectivity index (χ0v) is 28.4. The van der Waals surface area contributed by atoms with E-state index in [0.717, 1.165) is 29.9 Å². The van der Waals surface area contributed by atoms with Gasteiger partial charge in [-0.3, -0.25) is 0 Å². The van der Waals surface area contributed by atoms with Crippen LogP contribution < -0.4 is 10.6 Å². The van der Waals surface area contributed by atoms with Crippen LogP contribution in [0.15, 0.2) is 72.3 Å². The highest BCUT2D eigenvalue weighted by molar-refractivity contribution is 7.78. The van der Waals surface area contributed by atoms with Gasteiger partial charge in [-0.2, -0.15) is 0 Å². The van der Waals surface area contributed by atoms with Gasteiger partial charge >= 0.3 is 0 Å². The number of hydrogen-bond acceptors (Lipinski definition) is 3. The van der Waals surface area contributed by atoms with Crippen molar-refractivity contribution in [2.24, 2.45) is 0 Å². The van der Waals surface area contributed by atoms with Crippen LogP contribution in [0.4, 0.5) is 0 Å². The molecule has 0 N–H and O–H groups in total. The molecule has 1 fully saturated rings. The molecule has 210 valence electrons. The number of rotatable bonds is 8. The molecule has 1 saturated carbocycles. The molecule has 3 rings (SSSR count). The molecule has 1 aliphatic rings. The number of benzene rings is 2. The van der Waals surface area contributed by atoms with E-state index < -0.39 is 23.8 Å². The maximum Gasteiger partial charge on any atom is 0.192 e. The Morgan fingerprint density at radius 3 is 1.45 bits per heavy atom. The van der Waals surface area contributed by atoms with Crippen molar-refractivity contribution in [3.8, 4) is 0 Å². The SMILES string of the molecule is CC(C)(C)[Si](C)(C)O[C@@H]1CC(=CCP(=O)(c2ccccc2)c2ccccc2)C[C@@H](O[Si](C)(C)C(C)(C)C)C1. The Hall–Kier alpha value is -1.24. The largest absolute Gasteiger partial charge is 0.414 e. The average Bonchev–Trinajstić information content (AvgIpc) is 2.81. The van der Waals surface area contributed by atoms with Crippen molar-refractivity contribution in [3.05, 3.63) is 72.3 Å². The second kappa shape index (κ2) is 11.7. The van der Waals surface area contributed by atoms with E-state index in [1.54, 1.807) is 0 Å². The van der Waals surface area contributed by atoms with Gasteiger partial charge in [0.1, 0.15) is 7.14 Å². The first-order valence-electron chi connectivity index (χ1n) is 14.2. The predicted molar refractivity (Wildman–Crippen MR) is 171 cm³/mol. The molecule has 0 aromatic heterocycles. The molecular weight excluding hydrogens is 519 g/mol. The summed E-state index contributed by atoms with van der Waals surface area (Å²) in [5.41, 5.74) is 1.33. The summed E-state index contributed by atoms with van der Waals surface area (Å²) in [4.78, 5) is 0. The highest BCUT2D eigenvalue weighted by atomic mass is 31.2. The minimum absolute atomic E-state index is 0.137. The third-order valence-corrected chi connectivity index (χ3v) is 21.1. The van der Waals surface area contributed by atoms with Gasteiger partial charge in [-0.05, 0) is 55.5 Å². The fourth-order valence-corrected chi connectivity index (χ4v) is 9.89. The van der Waals surface area contributed by atoms with Gasteiger partial charge in [0.25, 0.3) is 0 Å². The van der Waals surface area contributed by atoms with Crippen molar-refractivity contribution < 1.29 is 13.4 Å². The van der Waals surface area contributed by atoms with Gasteiger partial charge in [-0.1, -0.05) is 114 Å². The Morgan fingerprint density at radius 2 is 1.11 bits per heavy atom. The van der Waals surface area contributed by atoms with E-state index >= 15 is 0 Å². The summed E-state index contributed by atoms with van der Waals surface area (Å²) in [6.45, 7) is 23.2. The minimum atomic E-state index is -2.81. The maximum atomic E-state index is 14.6. The second-order valence-corrected chi connectivity index (χ2v) is 26.5. The first-order chi connectivity index (χ1) is 17.4. The summed E-state index contributed by atoms with van der Waals surface area (Å²) in [5, 5.41) is 2.14. The Bertz CT molecular complexity index is 1050. The summed E-state index contributed by atoms with van der Waals surface area (Å²) in [7, 11) is -6.68. The lowest BCUT2D eigenvalue weighted by Gasteiger charge is -2.45. The third kappa shape index (κ3) is 7.49. The van der Waals surface area contributed by atoms with E-state index in [4.69, 9.17) is 8.85 Å². The first kappa shape index (κ1) is 31.3. The van der Waals surface area contributed by atoms with Crippen molar-refractivity contribution in [2.45, 2.75) is 109 Å². The van der Waals surface area contributed by atoms with Crippen LogP contribution in [0.3, 0.4) is 0 Å². The molecule has 0 bridgehead atoms. The fourth-order valence-electron chi connectivity index (χ4n) is 4.62. The molecule has 2 aromatic carbocycles. The van der Waals surface area contributed by atoms with Gasteiger partial charge in [-0.25, -0.2) is 0 Å². The van der Waals surface area contributed by atoms with Crippen LogP contribution in [0.2, 0.25) is 36.3 Å². The van der Waals surface area contributed by atoms with Crippen molar-refractivity contribution in [3.63, 3.8) is 0 Å². The molecule has 0 heterocycles. The molecule has 0 aliphatic heterocycles. The molecule has 2 atom stereocenters. The van der Waals surface area contributed by atoms with E-state index in [9.17, 15) is 4.57 Å². The zero-order chi connectivity index (χ0) is 28.4. The lowest BCUT2D eigenvalue weighted by Crippen LogP contribution is -2.48. The van der Waals surface area contributed by atoms with Crippen LogP contribution in [0, 0.1) is 0 Å². The molecular formula is C32H51O3PSi2. The van der Waals surface area contributed by atoms with Crippen LogP contribution in [-0.2, 0) is 13.4 Å². The Balaban J connectivity index is 1.95. The van der Waals surface area contributed by atoms with Crippen molar-refractivity contribution >= 4 is 34.4 Å². The summed E-state index contributed by atoms with van der Waals surface area (Å²) < 4.78 is 28.6. The standard InChI is InChI=1S/C32H51O3PSi2/c1-31(2,3)37(7,8)34-27-23-26(24-28(25-27)35-38(9,10)32(4,5)6)21-22-36(33,29-17-13-11-14-18-29)30-19-15-12-16-20-30/h11-21,27-28H,22-25H2,1-10H3/t27-,28-/m1/s1. The van der Waals surface area contributed by atoms with E-state index in [1.807, 2.05) is 60.7 Å². The minimum Gasteiger partial charge on any atom is -0.414 e. The van der Waals surface area contributed by atoms with Gasteiger partial charge in [0.05, 0.1) is 12.2 Å². The van der Waals surface area contributed by atoms with E-state index in [1.165, 1.54) is 5.57 Å². The van der Waals surface area contributed by atoms with Crippen molar-refractivity contribution in [2.75, 3.05) is 6.16 Å². The molecule has 3 nitrogen and oxygen atoms in total. The predicted octanol–water partition coefficient (Wildman–Crippen LogP) is 8.89. The highest BCUT2D eigenvalue weighted by Gasteiger charge is 2.43. The van der Waals surface area contributed by atoms with Crippen LogP contribution >= 0.6 is 7.14 Å². The molecule has 38 heavy (non-hydrogen) atoms. The molecule has 2 aromatic rings. The summed E-state index contributed by atoms with van der Waals surface area (Å²) in [6, 6.07) is 20.0. The fraction of sp³-hybridized carbons (Fsp3) is 0.562. The van der Waals surface area contributed by atoms with Crippen LogP contribution in [0.1, 0.15) is 60.8 Å². The van der Waals surface area contributed by atoms with Crippen LogP contribution in [-0.4, -0.2) is 35.0 Å². The van der Waals surface area contributed by atoms with Crippen LogP contribution in [0.5, 0.6) is 0 Å². The summed E-state index contributed by atoms with van der Waals surface area (Å²) in [5.74, 6) is 0. The highest BCUT2D eigenvalue weighted by Crippen LogP contribution is 2.46. The first-order valence-corrected chi connectivity index (χ1v) is 21.9. The topological polar surface area (TPSA) is 35.5 Å². The van der Waals surface area contributed by atoms with Gasteiger partial charge in [0, 0.05) is 16.8 Å². The van der Waals surface area contributed by atoms with Gasteiger partial charge < -0.3 is 13.4 Å².